The highest BCUT2D eigenvalue weighted by molar-refractivity contribution is 6.44. The quantitative estimate of drug-likeness (QED) is 0.666. The first-order valence-electron chi connectivity index (χ1n) is 8.06. The number of carbonyl (C=O) groups is 2. The summed E-state index contributed by atoms with van der Waals surface area (Å²) < 4.78 is 0. The van der Waals surface area contributed by atoms with Crippen LogP contribution in [0.1, 0.15) is 20.8 Å². The number of anilines is 3. The summed E-state index contributed by atoms with van der Waals surface area (Å²) in [6.45, 7) is 5.57. The molecule has 0 aromatic heterocycles. The molecule has 26 heavy (non-hydrogen) atoms. The SMILES string of the molecule is CC(C)(C)C(=O)Nc1cccc(NCC(=O)Nc2cccc(Cl)c2Cl)c1. The lowest BCUT2D eigenvalue weighted by Gasteiger charge is -2.18. The second kappa shape index (κ2) is 8.43. The summed E-state index contributed by atoms with van der Waals surface area (Å²) in [6.07, 6.45) is 0. The van der Waals surface area contributed by atoms with Crippen LogP contribution in [-0.2, 0) is 9.59 Å². The van der Waals surface area contributed by atoms with E-state index >= 15 is 0 Å². The third kappa shape index (κ3) is 5.64. The number of benzene rings is 2. The molecule has 2 amide bonds. The van der Waals surface area contributed by atoms with Gasteiger partial charge >= 0.3 is 0 Å². The molecule has 2 rings (SSSR count). The van der Waals surface area contributed by atoms with Crippen LogP contribution in [0.5, 0.6) is 0 Å². The van der Waals surface area contributed by atoms with Crippen LogP contribution in [0, 0.1) is 5.41 Å². The molecule has 0 atom stereocenters. The van der Waals surface area contributed by atoms with Crippen LogP contribution in [0.3, 0.4) is 0 Å². The van der Waals surface area contributed by atoms with Gasteiger partial charge in [0.05, 0.1) is 22.3 Å². The zero-order chi connectivity index (χ0) is 19.3. The topological polar surface area (TPSA) is 70.2 Å². The fourth-order valence-corrected chi connectivity index (χ4v) is 2.35. The summed E-state index contributed by atoms with van der Waals surface area (Å²) in [6, 6.07) is 12.2. The Kier molecular flexibility index (Phi) is 6.51. The number of halogens is 2. The Morgan fingerprint density at radius 1 is 0.962 bits per heavy atom. The maximum Gasteiger partial charge on any atom is 0.243 e. The second-order valence-corrected chi connectivity index (χ2v) is 7.57. The third-order valence-corrected chi connectivity index (χ3v) is 4.30. The minimum absolute atomic E-state index is 0.0412. The molecule has 0 saturated carbocycles. The van der Waals surface area contributed by atoms with Crippen molar-refractivity contribution in [3.8, 4) is 0 Å². The van der Waals surface area contributed by atoms with E-state index in [2.05, 4.69) is 16.0 Å². The van der Waals surface area contributed by atoms with E-state index in [-0.39, 0.29) is 18.4 Å². The van der Waals surface area contributed by atoms with Crippen molar-refractivity contribution >= 4 is 52.1 Å². The van der Waals surface area contributed by atoms with Crippen LogP contribution in [0.25, 0.3) is 0 Å². The van der Waals surface area contributed by atoms with Crippen molar-refractivity contribution in [3.63, 3.8) is 0 Å². The molecule has 7 heteroatoms. The predicted molar refractivity (Wildman–Crippen MR) is 108 cm³/mol. The number of amides is 2. The smallest absolute Gasteiger partial charge is 0.243 e. The van der Waals surface area contributed by atoms with Crippen LogP contribution in [0.4, 0.5) is 17.1 Å². The van der Waals surface area contributed by atoms with E-state index in [1.807, 2.05) is 26.8 Å². The Hall–Kier alpha value is -2.24. The van der Waals surface area contributed by atoms with Gasteiger partial charge in [0.15, 0.2) is 0 Å². The molecular formula is C19H21Cl2N3O2. The Bertz CT molecular complexity index is 817. The van der Waals surface area contributed by atoms with Gasteiger partial charge in [0.25, 0.3) is 0 Å². The average Bonchev–Trinajstić information content (AvgIpc) is 2.57. The zero-order valence-corrected chi connectivity index (χ0v) is 16.3. The normalized spacial score (nSPS) is 11.0. The molecule has 0 aliphatic heterocycles. The molecule has 138 valence electrons. The number of hydrogen-bond acceptors (Lipinski definition) is 3. The number of nitrogens with one attached hydrogen (secondary N) is 3. The molecule has 3 N–H and O–H groups in total. The third-order valence-electron chi connectivity index (χ3n) is 3.48. The molecule has 2 aromatic rings. The van der Waals surface area contributed by atoms with Gasteiger partial charge in [0.2, 0.25) is 11.8 Å². The van der Waals surface area contributed by atoms with Crippen molar-refractivity contribution in [2.24, 2.45) is 5.41 Å². The largest absolute Gasteiger partial charge is 0.376 e. The Balaban J connectivity index is 1.95. The van der Waals surface area contributed by atoms with Crippen LogP contribution in [0.2, 0.25) is 10.0 Å². The summed E-state index contributed by atoms with van der Waals surface area (Å²) in [5.41, 5.74) is 1.34. The molecule has 5 nitrogen and oxygen atoms in total. The Morgan fingerprint density at radius 3 is 2.31 bits per heavy atom. The minimum atomic E-state index is -0.487. The van der Waals surface area contributed by atoms with Gasteiger partial charge in [0.1, 0.15) is 0 Å². The van der Waals surface area contributed by atoms with Gasteiger partial charge in [-0.3, -0.25) is 9.59 Å². The van der Waals surface area contributed by atoms with Crippen molar-refractivity contribution < 1.29 is 9.59 Å². The van der Waals surface area contributed by atoms with Gasteiger partial charge in [-0.25, -0.2) is 0 Å². The van der Waals surface area contributed by atoms with E-state index in [1.54, 1.807) is 36.4 Å². The van der Waals surface area contributed by atoms with E-state index in [0.29, 0.717) is 27.1 Å². The van der Waals surface area contributed by atoms with Gasteiger partial charge in [-0.2, -0.15) is 0 Å². The van der Waals surface area contributed by atoms with Gasteiger partial charge in [-0.05, 0) is 30.3 Å². The Labute approximate surface area is 163 Å². The predicted octanol–water partition coefficient (Wildman–Crippen LogP) is 5.03. The molecule has 0 spiro atoms. The number of carbonyl (C=O) groups excluding carboxylic acids is 2. The van der Waals surface area contributed by atoms with E-state index in [4.69, 9.17) is 23.2 Å². The number of hydrogen-bond donors (Lipinski definition) is 3. The van der Waals surface area contributed by atoms with E-state index in [9.17, 15) is 9.59 Å². The van der Waals surface area contributed by atoms with Crippen LogP contribution in [-0.4, -0.2) is 18.4 Å². The summed E-state index contributed by atoms with van der Waals surface area (Å²) in [7, 11) is 0. The first-order chi connectivity index (χ1) is 12.2. The lowest BCUT2D eigenvalue weighted by Crippen LogP contribution is -2.27. The molecule has 0 unspecified atom stereocenters. The van der Waals surface area contributed by atoms with Crippen LogP contribution >= 0.6 is 23.2 Å². The highest BCUT2D eigenvalue weighted by Gasteiger charge is 2.21. The van der Waals surface area contributed by atoms with Crippen molar-refractivity contribution in [2.75, 3.05) is 22.5 Å². The van der Waals surface area contributed by atoms with Crippen molar-refractivity contribution in [1.29, 1.82) is 0 Å². The van der Waals surface area contributed by atoms with Crippen molar-refractivity contribution in [2.45, 2.75) is 20.8 Å². The monoisotopic (exact) mass is 393 g/mol. The number of rotatable bonds is 5. The molecule has 0 radical (unpaired) electrons. The lowest BCUT2D eigenvalue weighted by molar-refractivity contribution is -0.123. The summed E-state index contributed by atoms with van der Waals surface area (Å²) >= 11 is 12.0. The fourth-order valence-electron chi connectivity index (χ4n) is 2.00. The molecule has 2 aromatic carbocycles. The van der Waals surface area contributed by atoms with E-state index < -0.39 is 5.41 Å². The standard InChI is InChI=1S/C19H21Cl2N3O2/c1-19(2,3)18(26)23-13-7-4-6-12(10-13)22-11-16(25)24-15-9-5-8-14(20)17(15)21/h4-10,22H,11H2,1-3H3,(H,23,26)(H,24,25). The van der Waals surface area contributed by atoms with E-state index in [0.717, 1.165) is 0 Å². The molecular weight excluding hydrogens is 373 g/mol. The van der Waals surface area contributed by atoms with Crippen molar-refractivity contribution in [1.82, 2.24) is 0 Å². The van der Waals surface area contributed by atoms with E-state index in [1.165, 1.54) is 0 Å². The van der Waals surface area contributed by atoms with Gasteiger partial charge in [0, 0.05) is 16.8 Å². The van der Waals surface area contributed by atoms with Crippen LogP contribution < -0.4 is 16.0 Å². The first-order valence-corrected chi connectivity index (χ1v) is 8.81. The molecule has 0 aliphatic rings. The minimum Gasteiger partial charge on any atom is -0.376 e. The molecule has 0 fully saturated rings. The lowest BCUT2D eigenvalue weighted by atomic mass is 9.95. The highest BCUT2D eigenvalue weighted by atomic mass is 35.5. The molecule has 0 saturated heterocycles. The maximum atomic E-state index is 12.1. The average molecular weight is 394 g/mol. The summed E-state index contributed by atoms with van der Waals surface area (Å²) in [5.74, 6) is -0.346. The summed E-state index contributed by atoms with van der Waals surface area (Å²) in [5, 5.41) is 9.24. The maximum absolute atomic E-state index is 12.1. The first kappa shape index (κ1) is 20.1. The van der Waals surface area contributed by atoms with Crippen molar-refractivity contribution in [3.05, 3.63) is 52.5 Å². The second-order valence-electron chi connectivity index (χ2n) is 6.79. The van der Waals surface area contributed by atoms with Gasteiger partial charge in [-0.1, -0.05) is 56.1 Å². The highest BCUT2D eigenvalue weighted by Crippen LogP contribution is 2.29. The summed E-state index contributed by atoms with van der Waals surface area (Å²) in [4.78, 5) is 24.2. The molecule has 0 heterocycles. The fraction of sp³-hybridized carbons (Fsp3) is 0.263. The molecule has 0 bridgehead atoms. The Morgan fingerprint density at radius 2 is 1.62 bits per heavy atom. The van der Waals surface area contributed by atoms with Crippen LogP contribution in [0.15, 0.2) is 42.5 Å². The van der Waals surface area contributed by atoms with Gasteiger partial charge < -0.3 is 16.0 Å². The zero-order valence-electron chi connectivity index (χ0n) is 14.8. The van der Waals surface area contributed by atoms with Gasteiger partial charge in [-0.15, -0.1) is 0 Å². The molecule has 0 aliphatic carbocycles.